The average molecular weight is 470 g/mol. The van der Waals surface area contributed by atoms with Crippen LogP contribution < -0.4 is 5.32 Å². The van der Waals surface area contributed by atoms with Crippen molar-refractivity contribution in [2.45, 2.75) is 56.6 Å². The van der Waals surface area contributed by atoms with Crippen LogP contribution in [0, 0.1) is 5.92 Å². The molecule has 1 N–H and O–H groups in total. The number of aryl methyl sites for hydroxylation is 1. The summed E-state index contributed by atoms with van der Waals surface area (Å²) in [5, 5.41) is 16.1. The third-order valence-electron chi connectivity index (χ3n) is 6.11. The highest BCUT2D eigenvalue weighted by molar-refractivity contribution is 7.99. The minimum atomic E-state index is 0.0130. The van der Waals surface area contributed by atoms with Crippen LogP contribution in [0.2, 0.25) is 0 Å². The van der Waals surface area contributed by atoms with Gasteiger partial charge < -0.3 is 5.32 Å². The molecule has 0 bridgehead atoms. The van der Waals surface area contributed by atoms with Crippen LogP contribution in [0.4, 0.5) is 0 Å². The number of thiophene rings is 2. The summed E-state index contributed by atoms with van der Waals surface area (Å²) in [6.07, 6.45) is 5.78. The lowest BCUT2D eigenvalue weighted by Gasteiger charge is -2.17. The van der Waals surface area contributed by atoms with Gasteiger partial charge in [0, 0.05) is 15.7 Å². The van der Waals surface area contributed by atoms with E-state index in [1.54, 1.807) is 11.3 Å². The number of nitrogens with one attached hydrogen (secondary N) is 1. The molecule has 0 saturated heterocycles. The van der Waals surface area contributed by atoms with Gasteiger partial charge in [0.05, 0.1) is 17.7 Å². The minimum absolute atomic E-state index is 0.0130. The molecule has 2 aliphatic rings. The van der Waals surface area contributed by atoms with Crippen LogP contribution in [-0.4, -0.2) is 31.2 Å². The predicted octanol–water partition coefficient (Wildman–Crippen LogP) is 4.81. The van der Waals surface area contributed by atoms with Crippen LogP contribution in [-0.2, 0) is 24.2 Å². The average Bonchev–Trinajstić information content (AvgIpc) is 3.16. The Kier molecular flexibility index (Phi) is 5.00. The molecule has 6 nitrogen and oxygen atoms in total. The van der Waals surface area contributed by atoms with Crippen molar-refractivity contribution in [3.63, 3.8) is 0 Å². The lowest BCUT2D eigenvalue weighted by Crippen LogP contribution is -2.24. The smallest absolute Gasteiger partial charge is 0.230 e. The number of carbonyl (C=O) groups excluding carboxylic acids is 1. The first-order chi connectivity index (χ1) is 15.2. The van der Waals surface area contributed by atoms with Crippen LogP contribution >= 0.6 is 34.4 Å². The lowest BCUT2D eigenvalue weighted by atomic mass is 9.89. The maximum Gasteiger partial charge on any atom is 0.230 e. The van der Waals surface area contributed by atoms with Crippen molar-refractivity contribution in [3.8, 4) is 0 Å². The molecule has 160 valence electrons. The van der Waals surface area contributed by atoms with Crippen molar-refractivity contribution in [2.75, 3.05) is 5.75 Å². The van der Waals surface area contributed by atoms with E-state index in [1.165, 1.54) is 46.9 Å². The van der Waals surface area contributed by atoms with Crippen LogP contribution in [0.1, 0.15) is 53.2 Å². The molecule has 4 heterocycles. The molecular weight excluding hydrogens is 446 g/mol. The van der Waals surface area contributed by atoms with Gasteiger partial charge in [0.15, 0.2) is 10.8 Å². The van der Waals surface area contributed by atoms with Crippen LogP contribution in [0.15, 0.2) is 22.7 Å². The van der Waals surface area contributed by atoms with Crippen molar-refractivity contribution in [1.29, 1.82) is 0 Å². The Balaban J connectivity index is 1.32. The monoisotopic (exact) mass is 469 g/mol. The lowest BCUT2D eigenvalue weighted by molar-refractivity contribution is -0.118. The van der Waals surface area contributed by atoms with Crippen molar-refractivity contribution in [3.05, 3.63) is 38.7 Å². The van der Waals surface area contributed by atoms with E-state index in [4.69, 9.17) is 4.98 Å². The molecule has 0 aromatic carbocycles. The van der Waals surface area contributed by atoms with E-state index >= 15 is 0 Å². The van der Waals surface area contributed by atoms with Gasteiger partial charge in [-0.25, -0.2) is 4.98 Å². The van der Waals surface area contributed by atoms with E-state index < -0.39 is 0 Å². The first-order valence-electron chi connectivity index (χ1n) is 10.8. The fourth-order valence-corrected chi connectivity index (χ4v) is 7.13. The molecule has 1 fully saturated rings. The molecule has 4 aromatic rings. The van der Waals surface area contributed by atoms with Gasteiger partial charge in [-0.05, 0) is 55.0 Å². The molecule has 1 atom stereocenters. The van der Waals surface area contributed by atoms with Gasteiger partial charge >= 0.3 is 0 Å². The molecular formula is C22H23N5OS3. The van der Waals surface area contributed by atoms with E-state index in [9.17, 15) is 4.79 Å². The Bertz CT molecular complexity index is 1270. The number of fused-ring (bicyclic) bond motifs is 5. The van der Waals surface area contributed by atoms with E-state index in [1.807, 2.05) is 28.8 Å². The maximum absolute atomic E-state index is 12.4. The van der Waals surface area contributed by atoms with Crippen molar-refractivity contribution in [2.24, 2.45) is 5.92 Å². The summed E-state index contributed by atoms with van der Waals surface area (Å²) in [6.45, 7) is 2.91. The molecule has 31 heavy (non-hydrogen) atoms. The van der Waals surface area contributed by atoms with Gasteiger partial charge in [0.2, 0.25) is 5.91 Å². The third kappa shape index (κ3) is 3.66. The van der Waals surface area contributed by atoms with Gasteiger partial charge in [-0.3, -0.25) is 9.20 Å². The van der Waals surface area contributed by atoms with Crippen LogP contribution in [0.3, 0.4) is 0 Å². The molecule has 2 aliphatic carbocycles. The SMILES string of the molecule is C[C@@H]1CCc2c(sc3nc(C4CC4)n4c(SCC(=O)NCc5cccs5)nnc4c23)C1. The minimum Gasteiger partial charge on any atom is -0.350 e. The third-order valence-corrected chi connectivity index (χ3v) is 9.06. The number of thioether (sulfide) groups is 1. The van der Waals surface area contributed by atoms with E-state index in [0.29, 0.717) is 18.2 Å². The highest BCUT2D eigenvalue weighted by atomic mass is 32.2. The molecule has 1 amide bonds. The number of hydrogen-bond acceptors (Lipinski definition) is 7. The molecule has 0 spiro atoms. The predicted molar refractivity (Wildman–Crippen MR) is 126 cm³/mol. The van der Waals surface area contributed by atoms with Crippen molar-refractivity contribution in [1.82, 2.24) is 24.9 Å². The Morgan fingerprint density at radius 1 is 1.32 bits per heavy atom. The quantitative estimate of drug-likeness (QED) is 0.410. The fourth-order valence-electron chi connectivity index (χ4n) is 4.33. The topological polar surface area (TPSA) is 72.2 Å². The molecule has 0 unspecified atom stereocenters. The molecule has 4 aromatic heterocycles. The van der Waals surface area contributed by atoms with E-state index in [-0.39, 0.29) is 5.91 Å². The first-order valence-corrected chi connectivity index (χ1v) is 13.5. The second kappa shape index (κ2) is 7.86. The van der Waals surface area contributed by atoms with Gasteiger partial charge in [0.25, 0.3) is 0 Å². The van der Waals surface area contributed by atoms with Crippen LogP contribution in [0.25, 0.3) is 15.9 Å². The molecule has 0 aliphatic heterocycles. The first kappa shape index (κ1) is 19.7. The number of carbonyl (C=O) groups is 1. The normalized spacial score (nSPS) is 18.5. The Morgan fingerprint density at radius 3 is 3.03 bits per heavy atom. The van der Waals surface area contributed by atoms with Crippen molar-refractivity contribution < 1.29 is 4.79 Å². The van der Waals surface area contributed by atoms with Crippen molar-refractivity contribution >= 4 is 56.2 Å². The summed E-state index contributed by atoms with van der Waals surface area (Å²) in [6, 6.07) is 4.03. The summed E-state index contributed by atoms with van der Waals surface area (Å²) >= 11 is 4.96. The largest absolute Gasteiger partial charge is 0.350 e. The van der Waals surface area contributed by atoms with Gasteiger partial charge in [-0.15, -0.1) is 32.9 Å². The Hall–Kier alpha value is -1.97. The second-order valence-corrected chi connectivity index (χ2v) is 11.6. The molecule has 0 radical (unpaired) electrons. The van der Waals surface area contributed by atoms with Gasteiger partial charge in [-0.2, -0.15) is 0 Å². The standard InChI is InChI=1S/C22H23N5OS3/c1-12-4-7-15-16(9-12)31-21-18(15)20-25-26-22(27(20)19(24-21)13-5-6-13)30-11-17(28)23-10-14-3-2-8-29-14/h2-3,8,12-13H,4-7,9-11H2,1H3,(H,23,28)/t12-/m1/s1. The second-order valence-electron chi connectivity index (χ2n) is 8.56. The summed E-state index contributed by atoms with van der Waals surface area (Å²) in [5.41, 5.74) is 2.36. The zero-order valence-corrected chi connectivity index (χ0v) is 19.7. The number of hydrogen-bond donors (Lipinski definition) is 1. The molecule has 6 rings (SSSR count). The Labute approximate surface area is 192 Å². The summed E-state index contributed by atoms with van der Waals surface area (Å²) in [7, 11) is 0. The maximum atomic E-state index is 12.4. The number of rotatable bonds is 6. The highest BCUT2D eigenvalue weighted by Crippen LogP contribution is 2.44. The highest BCUT2D eigenvalue weighted by Gasteiger charge is 2.32. The summed E-state index contributed by atoms with van der Waals surface area (Å²) in [5.74, 6) is 2.62. The molecule has 9 heteroatoms. The van der Waals surface area contributed by atoms with Crippen LogP contribution in [0.5, 0.6) is 0 Å². The van der Waals surface area contributed by atoms with E-state index in [2.05, 4.69) is 26.8 Å². The number of aromatic nitrogens is 4. The number of nitrogens with zero attached hydrogens (tertiary/aromatic N) is 4. The zero-order chi connectivity index (χ0) is 20.9. The summed E-state index contributed by atoms with van der Waals surface area (Å²) in [4.78, 5) is 21.3. The van der Waals surface area contributed by atoms with Gasteiger partial charge in [0.1, 0.15) is 10.7 Å². The summed E-state index contributed by atoms with van der Waals surface area (Å²) < 4.78 is 2.14. The fraction of sp³-hybridized carbons (Fsp3) is 0.455. The molecule has 1 saturated carbocycles. The number of amides is 1. The Morgan fingerprint density at radius 2 is 2.23 bits per heavy atom. The van der Waals surface area contributed by atoms with Gasteiger partial charge in [-0.1, -0.05) is 24.8 Å². The zero-order valence-electron chi connectivity index (χ0n) is 17.3. The van der Waals surface area contributed by atoms with E-state index in [0.717, 1.165) is 45.1 Å².